The van der Waals surface area contributed by atoms with Crippen LogP contribution in [0.15, 0.2) is 30.3 Å². The lowest BCUT2D eigenvalue weighted by Crippen LogP contribution is -2.27. The predicted molar refractivity (Wildman–Crippen MR) is 111 cm³/mol. The monoisotopic (exact) mass is 365 g/mol. The van der Waals surface area contributed by atoms with E-state index in [9.17, 15) is 0 Å². The second kappa shape index (κ2) is 8.26. The van der Waals surface area contributed by atoms with Crippen molar-refractivity contribution in [3.8, 4) is 0 Å². The second-order valence-electron chi connectivity index (χ2n) is 8.16. The summed E-state index contributed by atoms with van der Waals surface area (Å²) in [5.74, 6) is 3.00. The maximum Gasteiger partial charge on any atom is 0.222 e. The van der Waals surface area contributed by atoms with Gasteiger partial charge in [0.1, 0.15) is 5.82 Å². The molecular formula is C22H31N5. The van der Waals surface area contributed by atoms with Crippen LogP contribution in [0, 0.1) is 11.8 Å². The van der Waals surface area contributed by atoms with Gasteiger partial charge in [-0.05, 0) is 62.5 Å². The van der Waals surface area contributed by atoms with Crippen molar-refractivity contribution in [1.29, 1.82) is 0 Å². The number of rotatable bonds is 5. The summed E-state index contributed by atoms with van der Waals surface area (Å²) in [4.78, 5) is 9.23. The lowest BCUT2D eigenvalue weighted by Gasteiger charge is -2.30. The molecule has 1 aromatic heterocycles. The summed E-state index contributed by atoms with van der Waals surface area (Å²) in [5.41, 5.74) is 15.7. The minimum atomic E-state index is 0.317. The van der Waals surface area contributed by atoms with E-state index in [-0.39, 0.29) is 0 Å². The first-order chi connectivity index (χ1) is 13.2. The fraction of sp³-hybridized carbons (Fsp3) is 0.545. The van der Waals surface area contributed by atoms with E-state index in [4.69, 9.17) is 11.5 Å². The number of aromatic nitrogens is 2. The molecule has 5 nitrogen and oxygen atoms in total. The molecule has 2 aromatic rings. The van der Waals surface area contributed by atoms with Crippen LogP contribution in [0.3, 0.4) is 0 Å². The average molecular weight is 366 g/mol. The van der Waals surface area contributed by atoms with Crippen molar-refractivity contribution in [3.63, 3.8) is 0 Å². The van der Waals surface area contributed by atoms with Crippen LogP contribution in [0.5, 0.6) is 0 Å². The molecule has 1 fully saturated rings. The van der Waals surface area contributed by atoms with Crippen molar-refractivity contribution in [3.05, 3.63) is 47.2 Å². The molecule has 3 atom stereocenters. The Hall–Kier alpha value is -2.14. The van der Waals surface area contributed by atoms with E-state index in [1.807, 2.05) is 0 Å². The third kappa shape index (κ3) is 4.08. The molecule has 27 heavy (non-hydrogen) atoms. The molecule has 5 heteroatoms. The van der Waals surface area contributed by atoms with Gasteiger partial charge in [-0.1, -0.05) is 36.8 Å². The van der Waals surface area contributed by atoms with Crippen LogP contribution >= 0.6 is 0 Å². The molecule has 1 saturated carbocycles. The van der Waals surface area contributed by atoms with Gasteiger partial charge in [-0.15, -0.1) is 0 Å². The first-order valence-electron chi connectivity index (χ1n) is 10.4. The van der Waals surface area contributed by atoms with Gasteiger partial charge < -0.3 is 16.8 Å². The van der Waals surface area contributed by atoms with E-state index < -0.39 is 0 Å². The Morgan fingerprint density at radius 1 is 1.00 bits per heavy atom. The van der Waals surface area contributed by atoms with E-state index >= 15 is 0 Å². The van der Waals surface area contributed by atoms with Crippen LogP contribution in [0.2, 0.25) is 0 Å². The van der Waals surface area contributed by atoms with Crippen LogP contribution in [-0.4, -0.2) is 23.1 Å². The Morgan fingerprint density at radius 3 is 2.63 bits per heavy atom. The smallest absolute Gasteiger partial charge is 0.222 e. The molecule has 3 unspecified atom stereocenters. The number of anilines is 2. The zero-order valence-electron chi connectivity index (χ0n) is 16.0. The third-order valence-corrected chi connectivity index (χ3v) is 6.29. The maximum atomic E-state index is 6.10. The summed E-state index contributed by atoms with van der Waals surface area (Å²) in [6.07, 6.45) is 8.37. The first-order valence-corrected chi connectivity index (χ1v) is 10.4. The summed E-state index contributed by atoms with van der Waals surface area (Å²) in [6.45, 7) is 1.76. The Bertz CT molecular complexity index is 761. The molecule has 0 aliphatic heterocycles. The van der Waals surface area contributed by atoms with Gasteiger partial charge in [-0.2, -0.15) is 4.98 Å². The number of nitrogens with two attached hydrogens (primary N) is 2. The summed E-state index contributed by atoms with van der Waals surface area (Å²) in [6, 6.07) is 10.7. The number of fused-ring (bicyclic) bond motifs is 1. The number of nitrogens with one attached hydrogen (secondary N) is 1. The normalized spacial score (nSPS) is 25.0. The third-order valence-electron chi connectivity index (χ3n) is 6.29. The Morgan fingerprint density at radius 2 is 1.81 bits per heavy atom. The van der Waals surface area contributed by atoms with Gasteiger partial charge in [0.25, 0.3) is 0 Å². The Labute approximate surface area is 162 Å². The number of benzene rings is 1. The summed E-state index contributed by atoms with van der Waals surface area (Å²) < 4.78 is 0. The van der Waals surface area contributed by atoms with Crippen molar-refractivity contribution >= 4 is 11.8 Å². The largest absolute Gasteiger partial charge is 0.369 e. The minimum Gasteiger partial charge on any atom is -0.369 e. The number of hydrogen-bond acceptors (Lipinski definition) is 5. The average Bonchev–Trinajstić information content (AvgIpc) is 2.72. The van der Waals surface area contributed by atoms with Crippen molar-refractivity contribution in [1.82, 2.24) is 9.97 Å². The van der Waals surface area contributed by atoms with Crippen LogP contribution in [-0.2, 0) is 6.42 Å². The SMILES string of the molecule is NCC1CCCC(CNc2nc(N)nc3c2CCCC3c2ccccc2)C1. The van der Waals surface area contributed by atoms with Crippen LogP contribution < -0.4 is 16.8 Å². The molecule has 5 N–H and O–H groups in total. The lowest BCUT2D eigenvalue weighted by atomic mass is 9.81. The molecule has 1 aromatic carbocycles. The molecular weight excluding hydrogens is 334 g/mol. The van der Waals surface area contributed by atoms with Gasteiger partial charge in [-0.25, -0.2) is 4.98 Å². The zero-order chi connectivity index (χ0) is 18.6. The molecule has 0 spiro atoms. The first kappa shape index (κ1) is 18.2. The van der Waals surface area contributed by atoms with E-state index in [1.165, 1.54) is 36.8 Å². The Kier molecular flexibility index (Phi) is 5.58. The van der Waals surface area contributed by atoms with Crippen molar-refractivity contribution in [2.45, 2.75) is 50.9 Å². The molecule has 2 aliphatic carbocycles. The summed E-state index contributed by atoms with van der Waals surface area (Å²) >= 11 is 0. The fourth-order valence-electron chi connectivity index (χ4n) is 4.87. The molecule has 2 aliphatic rings. The summed E-state index contributed by atoms with van der Waals surface area (Å²) in [5, 5.41) is 3.63. The van der Waals surface area contributed by atoms with Gasteiger partial charge in [0, 0.05) is 18.0 Å². The quantitative estimate of drug-likeness (QED) is 0.751. The topological polar surface area (TPSA) is 89.8 Å². The highest BCUT2D eigenvalue weighted by atomic mass is 15.1. The molecule has 0 bridgehead atoms. The van der Waals surface area contributed by atoms with Gasteiger partial charge in [0.05, 0.1) is 5.69 Å². The highest BCUT2D eigenvalue weighted by molar-refractivity contribution is 5.53. The number of hydrogen-bond donors (Lipinski definition) is 3. The van der Waals surface area contributed by atoms with Crippen molar-refractivity contribution in [2.24, 2.45) is 17.6 Å². The van der Waals surface area contributed by atoms with E-state index in [2.05, 4.69) is 45.6 Å². The molecule has 0 radical (unpaired) electrons. The van der Waals surface area contributed by atoms with Crippen molar-refractivity contribution in [2.75, 3.05) is 24.1 Å². The van der Waals surface area contributed by atoms with Gasteiger partial charge >= 0.3 is 0 Å². The van der Waals surface area contributed by atoms with Gasteiger partial charge in [-0.3, -0.25) is 0 Å². The highest BCUT2D eigenvalue weighted by Gasteiger charge is 2.27. The molecule has 144 valence electrons. The number of nitrogens with zero attached hydrogens (tertiary/aromatic N) is 2. The van der Waals surface area contributed by atoms with Gasteiger partial charge in [0.2, 0.25) is 5.95 Å². The van der Waals surface area contributed by atoms with E-state index in [0.717, 1.165) is 43.9 Å². The fourth-order valence-corrected chi connectivity index (χ4v) is 4.87. The predicted octanol–water partition coefficient (Wildman–Crippen LogP) is 3.70. The molecule has 0 amide bonds. The summed E-state index contributed by atoms with van der Waals surface area (Å²) in [7, 11) is 0. The molecule has 4 rings (SSSR count). The Balaban J connectivity index is 1.55. The highest BCUT2D eigenvalue weighted by Crippen LogP contribution is 2.38. The van der Waals surface area contributed by atoms with E-state index in [1.54, 1.807) is 0 Å². The zero-order valence-corrected chi connectivity index (χ0v) is 16.0. The lowest BCUT2D eigenvalue weighted by molar-refractivity contribution is 0.281. The minimum absolute atomic E-state index is 0.317. The standard InChI is InChI=1S/C22H31N5/c23-13-15-6-4-7-16(12-15)14-25-21-19-11-5-10-18(17-8-2-1-3-9-17)20(19)26-22(24)27-21/h1-3,8-9,15-16,18H,4-7,10-14,23H2,(H3,24,25,26,27). The molecule has 1 heterocycles. The van der Waals surface area contributed by atoms with Crippen LogP contribution in [0.25, 0.3) is 0 Å². The van der Waals surface area contributed by atoms with E-state index in [0.29, 0.717) is 23.7 Å². The molecule has 0 saturated heterocycles. The van der Waals surface area contributed by atoms with Crippen molar-refractivity contribution < 1.29 is 0 Å². The van der Waals surface area contributed by atoms with Crippen LogP contribution in [0.4, 0.5) is 11.8 Å². The maximum absolute atomic E-state index is 6.10. The van der Waals surface area contributed by atoms with Crippen LogP contribution in [0.1, 0.15) is 61.3 Å². The second-order valence-corrected chi connectivity index (χ2v) is 8.16. The number of nitrogen functional groups attached to an aromatic ring is 1. The van der Waals surface area contributed by atoms with Gasteiger partial charge in [0.15, 0.2) is 0 Å².